The number of phenolic OH excluding ortho intramolecular Hbond substituents is 1. The molecule has 1 fully saturated rings. The summed E-state index contributed by atoms with van der Waals surface area (Å²) in [7, 11) is 0. The smallest absolute Gasteiger partial charge is 0.137 e. The Balaban J connectivity index is 1.46. The van der Waals surface area contributed by atoms with Crippen LogP contribution in [0.2, 0.25) is 5.02 Å². The Labute approximate surface area is 207 Å². The molecule has 0 radical (unpaired) electrons. The number of rotatable bonds is 5. The number of hydrogen-bond acceptors (Lipinski definition) is 5. The van der Waals surface area contributed by atoms with Crippen molar-refractivity contribution < 1.29 is 14.2 Å². The van der Waals surface area contributed by atoms with E-state index in [4.69, 9.17) is 21.3 Å². The fourth-order valence-corrected chi connectivity index (χ4v) is 5.24. The number of alkyl halides is 1. The Bertz CT molecular complexity index is 1440. The Morgan fingerprint density at radius 2 is 2.03 bits per heavy atom. The molecule has 4 aromatic rings. The number of aromatic hydroxyl groups is 1. The van der Waals surface area contributed by atoms with Crippen LogP contribution in [0.3, 0.4) is 0 Å². The van der Waals surface area contributed by atoms with Crippen molar-refractivity contribution in [3.63, 3.8) is 0 Å². The number of hydrogen-bond donors (Lipinski definition) is 1. The predicted molar refractivity (Wildman–Crippen MR) is 133 cm³/mol. The van der Waals surface area contributed by atoms with E-state index in [1.54, 1.807) is 24.5 Å². The van der Waals surface area contributed by atoms with Gasteiger partial charge in [0.05, 0.1) is 24.0 Å². The number of aromatic nitrogens is 3. The van der Waals surface area contributed by atoms with Crippen molar-refractivity contribution in [3.8, 4) is 11.5 Å². The summed E-state index contributed by atoms with van der Waals surface area (Å²) in [5.74, 6) is 0.938. The summed E-state index contributed by atoms with van der Waals surface area (Å²) in [6, 6.07) is 11.3. The van der Waals surface area contributed by atoms with Gasteiger partial charge in [0.1, 0.15) is 17.1 Å². The van der Waals surface area contributed by atoms with Gasteiger partial charge in [0.25, 0.3) is 0 Å². The number of halogens is 2. The van der Waals surface area contributed by atoms with Gasteiger partial charge in [0.15, 0.2) is 0 Å². The quantitative estimate of drug-likeness (QED) is 0.415. The van der Waals surface area contributed by atoms with E-state index in [1.807, 2.05) is 28.9 Å². The molecule has 178 valence electrons. The molecule has 8 heteroatoms. The molecular formula is C27H24ClFN4O2. The Hall–Kier alpha value is -3.42. The van der Waals surface area contributed by atoms with Gasteiger partial charge in [-0.2, -0.15) is 0 Å². The highest BCUT2D eigenvalue weighted by Crippen LogP contribution is 2.43. The lowest BCUT2D eigenvalue weighted by Crippen LogP contribution is -2.46. The molecule has 0 atom stereocenters. The van der Waals surface area contributed by atoms with E-state index in [0.717, 1.165) is 52.3 Å². The van der Waals surface area contributed by atoms with Gasteiger partial charge in [-0.25, -0.2) is 4.98 Å². The molecule has 0 aliphatic carbocycles. The molecule has 0 saturated carbocycles. The van der Waals surface area contributed by atoms with E-state index in [0.29, 0.717) is 30.3 Å². The first-order valence-electron chi connectivity index (χ1n) is 11.6. The first-order valence-corrected chi connectivity index (χ1v) is 12.0. The molecule has 1 aromatic carbocycles. The third kappa shape index (κ3) is 4.15. The van der Waals surface area contributed by atoms with Crippen LogP contribution in [0.1, 0.15) is 28.8 Å². The first-order chi connectivity index (χ1) is 17.1. The second-order valence-electron chi connectivity index (χ2n) is 9.12. The molecule has 3 aromatic heterocycles. The Morgan fingerprint density at radius 3 is 2.86 bits per heavy atom. The fourth-order valence-electron chi connectivity index (χ4n) is 5.01. The first kappa shape index (κ1) is 22.1. The maximum absolute atomic E-state index is 12.8. The van der Waals surface area contributed by atoms with Gasteiger partial charge in [-0.1, -0.05) is 11.6 Å². The van der Waals surface area contributed by atoms with Crippen LogP contribution in [-0.4, -0.2) is 50.7 Å². The predicted octanol–water partition coefficient (Wildman–Crippen LogP) is 5.23. The van der Waals surface area contributed by atoms with Gasteiger partial charge >= 0.3 is 0 Å². The summed E-state index contributed by atoms with van der Waals surface area (Å²) in [4.78, 5) is 11.2. The van der Waals surface area contributed by atoms with Crippen molar-refractivity contribution in [2.24, 2.45) is 5.92 Å². The minimum atomic E-state index is -0.257. The zero-order chi connectivity index (χ0) is 23.9. The van der Waals surface area contributed by atoms with Crippen LogP contribution >= 0.6 is 11.6 Å². The number of pyridine rings is 2. The standard InChI is InChI=1S/C27H24ClFN4O2/c28-24-12-30-6-3-21(24)22-5-8-35-25-10-20(34)1-2-23(25)27(22)18-4-7-33-16-19(31-26(33)9-18)15-32-13-17(11-29)14-32/h1-4,6-7,9-10,12,16-17,34H,5,8,11,13-15H2. The van der Waals surface area contributed by atoms with Crippen molar-refractivity contribution in [3.05, 3.63) is 88.6 Å². The summed E-state index contributed by atoms with van der Waals surface area (Å²) in [6.45, 7) is 2.47. The highest BCUT2D eigenvalue weighted by Gasteiger charge is 2.27. The van der Waals surface area contributed by atoms with Crippen LogP contribution in [0.15, 0.2) is 61.2 Å². The third-order valence-electron chi connectivity index (χ3n) is 6.68. The molecule has 0 unspecified atom stereocenters. The molecule has 2 aliphatic heterocycles. The van der Waals surface area contributed by atoms with Crippen molar-refractivity contribution in [2.45, 2.75) is 13.0 Å². The molecule has 35 heavy (non-hydrogen) atoms. The van der Waals surface area contributed by atoms with E-state index in [2.05, 4.69) is 22.0 Å². The summed E-state index contributed by atoms with van der Waals surface area (Å²) in [5.41, 5.74) is 6.61. The van der Waals surface area contributed by atoms with E-state index >= 15 is 0 Å². The lowest BCUT2D eigenvalue weighted by atomic mass is 9.89. The lowest BCUT2D eigenvalue weighted by molar-refractivity contribution is 0.0727. The van der Waals surface area contributed by atoms with Gasteiger partial charge in [-0.15, -0.1) is 0 Å². The maximum atomic E-state index is 12.8. The minimum absolute atomic E-state index is 0.154. The van der Waals surface area contributed by atoms with Crippen LogP contribution in [0.5, 0.6) is 11.5 Å². The van der Waals surface area contributed by atoms with Gasteiger partial charge < -0.3 is 14.2 Å². The molecule has 6 rings (SSSR count). The second kappa shape index (κ2) is 8.98. The normalized spacial score (nSPS) is 16.6. The van der Waals surface area contributed by atoms with Crippen LogP contribution in [0.25, 0.3) is 16.8 Å². The highest BCUT2D eigenvalue weighted by molar-refractivity contribution is 6.32. The van der Waals surface area contributed by atoms with Crippen molar-refractivity contribution in [1.82, 2.24) is 19.3 Å². The fraction of sp³-hybridized carbons (Fsp3) is 0.259. The molecule has 5 heterocycles. The minimum Gasteiger partial charge on any atom is -0.508 e. The summed E-state index contributed by atoms with van der Waals surface area (Å²) in [6.07, 6.45) is 8.07. The molecular weight excluding hydrogens is 467 g/mol. The molecule has 1 saturated heterocycles. The lowest BCUT2D eigenvalue weighted by Gasteiger charge is -2.37. The average Bonchev–Trinajstić information content (AvgIpc) is 3.14. The van der Waals surface area contributed by atoms with Crippen LogP contribution < -0.4 is 4.74 Å². The molecule has 0 spiro atoms. The zero-order valence-electron chi connectivity index (χ0n) is 19.0. The van der Waals surface area contributed by atoms with Crippen molar-refractivity contribution in [2.75, 3.05) is 26.4 Å². The molecule has 0 bridgehead atoms. The number of benzene rings is 1. The van der Waals surface area contributed by atoms with Crippen LogP contribution in [0, 0.1) is 5.92 Å². The number of ether oxygens (including phenoxy) is 1. The van der Waals surface area contributed by atoms with Gasteiger partial charge in [-0.3, -0.25) is 14.3 Å². The zero-order valence-corrected chi connectivity index (χ0v) is 19.7. The van der Waals surface area contributed by atoms with Crippen LogP contribution in [0.4, 0.5) is 4.39 Å². The Morgan fingerprint density at radius 1 is 1.14 bits per heavy atom. The monoisotopic (exact) mass is 490 g/mol. The van der Waals surface area contributed by atoms with E-state index in [9.17, 15) is 9.50 Å². The SMILES string of the molecule is Oc1ccc2c(c1)OCCC(c1ccncc1Cl)=C2c1ccn2cc(CN3CC(CF)C3)nc2c1. The largest absolute Gasteiger partial charge is 0.508 e. The molecule has 1 N–H and O–H groups in total. The van der Waals surface area contributed by atoms with Crippen molar-refractivity contribution >= 4 is 28.4 Å². The van der Waals surface area contributed by atoms with Gasteiger partial charge in [0, 0.05) is 74.0 Å². The topological polar surface area (TPSA) is 62.9 Å². The second-order valence-corrected chi connectivity index (χ2v) is 9.52. The van der Waals surface area contributed by atoms with E-state index in [-0.39, 0.29) is 18.3 Å². The van der Waals surface area contributed by atoms with E-state index < -0.39 is 0 Å². The number of imidazole rings is 1. The average molecular weight is 491 g/mol. The van der Waals surface area contributed by atoms with E-state index in [1.165, 1.54) is 0 Å². The highest BCUT2D eigenvalue weighted by atomic mass is 35.5. The maximum Gasteiger partial charge on any atom is 0.137 e. The third-order valence-corrected chi connectivity index (χ3v) is 6.98. The summed E-state index contributed by atoms with van der Waals surface area (Å²) >= 11 is 6.58. The number of fused-ring (bicyclic) bond motifs is 2. The van der Waals surface area contributed by atoms with Crippen molar-refractivity contribution in [1.29, 1.82) is 0 Å². The van der Waals surface area contributed by atoms with Gasteiger partial charge in [-0.05, 0) is 47.0 Å². The molecule has 2 aliphatic rings. The van der Waals surface area contributed by atoms with Gasteiger partial charge in [0.2, 0.25) is 0 Å². The summed E-state index contributed by atoms with van der Waals surface area (Å²) < 4.78 is 20.8. The molecule has 0 amide bonds. The summed E-state index contributed by atoms with van der Waals surface area (Å²) in [5, 5.41) is 10.7. The van der Waals surface area contributed by atoms with Crippen LogP contribution in [-0.2, 0) is 6.54 Å². The number of phenols is 1. The Kier molecular flexibility index (Phi) is 5.66. The number of nitrogens with zero attached hydrogens (tertiary/aromatic N) is 4. The number of likely N-dealkylation sites (tertiary alicyclic amines) is 1. The molecule has 6 nitrogen and oxygen atoms in total.